The Morgan fingerprint density at radius 1 is 1.00 bits per heavy atom. The quantitative estimate of drug-likeness (QED) is 0.786. The van der Waals surface area contributed by atoms with Gasteiger partial charge in [-0.25, -0.2) is 0 Å². The van der Waals surface area contributed by atoms with Crippen LogP contribution >= 0.6 is 15.9 Å². The monoisotopic (exact) mass is 347 g/mol. The fourth-order valence-corrected chi connectivity index (χ4v) is 1.86. The Kier molecular flexibility index (Phi) is 5.39. The number of nitrogens with one attached hydrogen (secondary N) is 1. The second-order valence-corrected chi connectivity index (χ2v) is 6.06. The molecule has 0 aliphatic carbocycles. The number of carbonyl (C=O) groups is 1. The molecule has 1 atom stereocenters. The van der Waals surface area contributed by atoms with Crippen molar-refractivity contribution in [1.82, 2.24) is 0 Å². The Morgan fingerprint density at radius 3 is 2.14 bits per heavy atom. The first-order valence-corrected chi connectivity index (χ1v) is 7.76. The summed E-state index contributed by atoms with van der Waals surface area (Å²) in [6, 6.07) is 16.9. The Hall–Kier alpha value is -1.81. The average Bonchev–Trinajstić information content (AvgIpc) is 2.49. The number of rotatable bonds is 5. The van der Waals surface area contributed by atoms with Crippen LogP contribution in [-0.4, -0.2) is 10.7 Å². The molecule has 21 heavy (non-hydrogen) atoms. The molecule has 0 fully saturated rings. The largest absolute Gasteiger partial charge is 0.457 e. The van der Waals surface area contributed by atoms with Gasteiger partial charge in [0.15, 0.2) is 0 Å². The van der Waals surface area contributed by atoms with Crippen LogP contribution in [-0.2, 0) is 4.79 Å². The number of carbonyl (C=O) groups excluding carboxylic acids is 1. The molecule has 2 aromatic carbocycles. The van der Waals surface area contributed by atoms with Crippen molar-refractivity contribution >= 4 is 27.5 Å². The predicted molar refractivity (Wildman–Crippen MR) is 89.1 cm³/mol. The summed E-state index contributed by atoms with van der Waals surface area (Å²) in [5.74, 6) is 1.72. The van der Waals surface area contributed by atoms with E-state index in [-0.39, 0.29) is 16.7 Å². The zero-order valence-corrected chi connectivity index (χ0v) is 13.6. The van der Waals surface area contributed by atoms with E-state index in [0.717, 1.165) is 17.2 Å². The molecule has 0 saturated carbocycles. The maximum Gasteiger partial charge on any atom is 0.238 e. The van der Waals surface area contributed by atoms with Crippen molar-refractivity contribution in [2.45, 2.75) is 18.7 Å². The number of ether oxygens (including phenoxy) is 1. The molecule has 0 radical (unpaired) electrons. The van der Waals surface area contributed by atoms with Crippen LogP contribution in [0.3, 0.4) is 0 Å². The molecule has 0 unspecified atom stereocenters. The molecular weight excluding hydrogens is 330 g/mol. The van der Waals surface area contributed by atoms with Crippen molar-refractivity contribution in [2.24, 2.45) is 5.92 Å². The number of benzene rings is 2. The molecule has 4 heteroatoms. The zero-order chi connectivity index (χ0) is 15.2. The van der Waals surface area contributed by atoms with Crippen LogP contribution < -0.4 is 10.1 Å². The van der Waals surface area contributed by atoms with Crippen LogP contribution in [0.5, 0.6) is 11.5 Å². The fraction of sp³-hybridized carbons (Fsp3) is 0.235. The maximum absolute atomic E-state index is 11.9. The van der Waals surface area contributed by atoms with E-state index in [1.165, 1.54) is 0 Å². The van der Waals surface area contributed by atoms with Gasteiger partial charge in [0.2, 0.25) is 5.91 Å². The Bertz CT molecular complexity index is 581. The van der Waals surface area contributed by atoms with E-state index >= 15 is 0 Å². The molecule has 0 aromatic heterocycles. The van der Waals surface area contributed by atoms with Crippen LogP contribution in [0.2, 0.25) is 0 Å². The molecular formula is C17H18BrNO2. The molecule has 0 bridgehead atoms. The number of alkyl halides is 1. The molecule has 0 aliphatic rings. The molecule has 110 valence electrons. The Morgan fingerprint density at radius 2 is 1.57 bits per heavy atom. The van der Waals surface area contributed by atoms with Crippen LogP contribution in [0.1, 0.15) is 13.8 Å². The maximum atomic E-state index is 11.9. The number of para-hydroxylation sites is 1. The first-order chi connectivity index (χ1) is 10.1. The second-order valence-electron chi connectivity index (χ2n) is 5.07. The van der Waals surface area contributed by atoms with E-state index in [2.05, 4.69) is 21.2 Å². The minimum atomic E-state index is -0.197. The van der Waals surface area contributed by atoms with Gasteiger partial charge in [-0.1, -0.05) is 48.0 Å². The fourth-order valence-electron chi connectivity index (χ4n) is 1.74. The lowest BCUT2D eigenvalue weighted by Gasteiger charge is -2.14. The van der Waals surface area contributed by atoms with Crippen molar-refractivity contribution in [3.8, 4) is 11.5 Å². The molecule has 0 heterocycles. The van der Waals surface area contributed by atoms with Crippen LogP contribution in [0.15, 0.2) is 54.6 Å². The van der Waals surface area contributed by atoms with Gasteiger partial charge in [0, 0.05) is 5.69 Å². The van der Waals surface area contributed by atoms with Gasteiger partial charge in [0.1, 0.15) is 11.5 Å². The minimum Gasteiger partial charge on any atom is -0.457 e. The van der Waals surface area contributed by atoms with E-state index in [4.69, 9.17) is 4.74 Å². The van der Waals surface area contributed by atoms with Crippen molar-refractivity contribution in [3.05, 3.63) is 54.6 Å². The summed E-state index contributed by atoms with van der Waals surface area (Å²) in [4.78, 5) is 11.7. The number of hydrogen-bond acceptors (Lipinski definition) is 2. The standard InChI is InChI=1S/C17H18BrNO2/c1-12(2)16(18)17(20)19-13-8-10-15(11-9-13)21-14-6-4-3-5-7-14/h3-12,16H,1-2H3,(H,19,20)/t16-/m0/s1. The average molecular weight is 348 g/mol. The molecule has 3 nitrogen and oxygen atoms in total. The lowest BCUT2D eigenvalue weighted by molar-refractivity contribution is -0.116. The second kappa shape index (κ2) is 7.27. The van der Waals surface area contributed by atoms with Gasteiger partial charge < -0.3 is 10.1 Å². The number of amides is 1. The van der Waals surface area contributed by atoms with Crippen LogP contribution in [0.25, 0.3) is 0 Å². The summed E-state index contributed by atoms with van der Waals surface area (Å²) >= 11 is 3.39. The SMILES string of the molecule is CC(C)[C@H](Br)C(=O)Nc1ccc(Oc2ccccc2)cc1. The normalized spacial score (nSPS) is 12.0. The summed E-state index contributed by atoms with van der Waals surface area (Å²) in [7, 11) is 0. The Labute approximate surface area is 133 Å². The summed E-state index contributed by atoms with van der Waals surface area (Å²) in [5.41, 5.74) is 0.755. The third-order valence-electron chi connectivity index (χ3n) is 2.94. The van der Waals surface area contributed by atoms with Gasteiger partial charge in [-0.3, -0.25) is 4.79 Å². The van der Waals surface area contributed by atoms with E-state index in [1.54, 1.807) is 0 Å². The topological polar surface area (TPSA) is 38.3 Å². The van der Waals surface area contributed by atoms with Crippen LogP contribution in [0, 0.1) is 5.92 Å². The molecule has 0 saturated heterocycles. The summed E-state index contributed by atoms with van der Waals surface area (Å²) in [5, 5.41) is 2.87. The molecule has 0 spiro atoms. The van der Waals surface area contributed by atoms with Gasteiger partial charge in [-0.05, 0) is 42.3 Å². The van der Waals surface area contributed by atoms with Gasteiger partial charge in [-0.15, -0.1) is 0 Å². The van der Waals surface area contributed by atoms with Gasteiger partial charge >= 0.3 is 0 Å². The van der Waals surface area contributed by atoms with E-state index in [9.17, 15) is 4.79 Å². The highest BCUT2D eigenvalue weighted by molar-refractivity contribution is 9.10. The summed E-state index contributed by atoms with van der Waals surface area (Å²) in [6.45, 7) is 3.99. The van der Waals surface area contributed by atoms with Gasteiger partial charge in [0.05, 0.1) is 4.83 Å². The smallest absolute Gasteiger partial charge is 0.238 e. The first kappa shape index (κ1) is 15.6. The molecule has 1 amide bonds. The highest BCUT2D eigenvalue weighted by atomic mass is 79.9. The molecule has 1 N–H and O–H groups in total. The van der Waals surface area contributed by atoms with Crippen LogP contribution in [0.4, 0.5) is 5.69 Å². The van der Waals surface area contributed by atoms with Crippen molar-refractivity contribution in [3.63, 3.8) is 0 Å². The lowest BCUT2D eigenvalue weighted by atomic mass is 10.1. The van der Waals surface area contributed by atoms with E-state index in [1.807, 2.05) is 68.4 Å². The minimum absolute atomic E-state index is 0.0401. The predicted octanol–water partition coefficient (Wildman–Crippen LogP) is 4.84. The van der Waals surface area contributed by atoms with Gasteiger partial charge in [0.25, 0.3) is 0 Å². The van der Waals surface area contributed by atoms with Crippen molar-refractivity contribution < 1.29 is 9.53 Å². The molecule has 2 aromatic rings. The van der Waals surface area contributed by atoms with Crippen molar-refractivity contribution in [1.29, 1.82) is 0 Å². The third kappa shape index (κ3) is 4.60. The van der Waals surface area contributed by atoms with E-state index < -0.39 is 0 Å². The van der Waals surface area contributed by atoms with E-state index in [0.29, 0.717) is 0 Å². The van der Waals surface area contributed by atoms with Gasteiger partial charge in [-0.2, -0.15) is 0 Å². The number of anilines is 1. The third-order valence-corrected chi connectivity index (χ3v) is 4.41. The highest BCUT2D eigenvalue weighted by Gasteiger charge is 2.18. The molecule has 0 aliphatic heterocycles. The summed E-state index contributed by atoms with van der Waals surface area (Å²) in [6.07, 6.45) is 0. The first-order valence-electron chi connectivity index (χ1n) is 6.84. The zero-order valence-electron chi connectivity index (χ0n) is 12.0. The van der Waals surface area contributed by atoms with Crippen molar-refractivity contribution in [2.75, 3.05) is 5.32 Å². The number of halogens is 1. The molecule has 2 rings (SSSR count). The summed E-state index contributed by atoms with van der Waals surface area (Å²) < 4.78 is 5.70. The lowest BCUT2D eigenvalue weighted by Crippen LogP contribution is -2.26. The number of hydrogen-bond donors (Lipinski definition) is 1. The Balaban J connectivity index is 1.98. The highest BCUT2D eigenvalue weighted by Crippen LogP contribution is 2.23.